The second kappa shape index (κ2) is 9.35. The molecular formula is C22H23ClN6O3. The molecule has 0 N–H and O–H groups in total. The number of amides is 1. The van der Waals surface area contributed by atoms with Crippen molar-refractivity contribution in [2.75, 3.05) is 13.1 Å². The Labute approximate surface area is 189 Å². The Morgan fingerprint density at radius 1 is 1.12 bits per heavy atom. The van der Waals surface area contributed by atoms with Crippen LogP contribution in [0.4, 0.5) is 0 Å². The summed E-state index contributed by atoms with van der Waals surface area (Å²) >= 11 is 5.94. The van der Waals surface area contributed by atoms with Gasteiger partial charge in [0.25, 0.3) is 5.89 Å². The molecule has 3 heterocycles. The van der Waals surface area contributed by atoms with E-state index < -0.39 is 5.69 Å². The number of fused-ring (bicyclic) bond motifs is 1. The molecule has 9 nitrogen and oxygen atoms in total. The number of carbonyl (C=O) groups excluding carboxylic acids is 1. The van der Waals surface area contributed by atoms with E-state index in [1.54, 1.807) is 47.5 Å². The van der Waals surface area contributed by atoms with Crippen molar-refractivity contribution < 1.29 is 9.32 Å². The first-order valence-corrected chi connectivity index (χ1v) is 10.9. The zero-order valence-electron chi connectivity index (χ0n) is 17.9. The fourth-order valence-corrected chi connectivity index (χ4v) is 3.61. The maximum atomic E-state index is 12.9. The van der Waals surface area contributed by atoms with E-state index in [1.807, 2.05) is 13.8 Å². The van der Waals surface area contributed by atoms with Crippen molar-refractivity contribution in [3.8, 4) is 22.8 Å². The lowest BCUT2D eigenvalue weighted by molar-refractivity contribution is -0.132. The van der Waals surface area contributed by atoms with Crippen molar-refractivity contribution in [1.29, 1.82) is 0 Å². The zero-order chi connectivity index (χ0) is 22.7. The molecule has 0 unspecified atom stereocenters. The molecule has 3 aromatic heterocycles. The Morgan fingerprint density at radius 2 is 1.84 bits per heavy atom. The van der Waals surface area contributed by atoms with Crippen molar-refractivity contribution in [3.05, 3.63) is 58.1 Å². The van der Waals surface area contributed by atoms with Crippen molar-refractivity contribution in [2.24, 2.45) is 0 Å². The van der Waals surface area contributed by atoms with Crippen LogP contribution in [0.2, 0.25) is 5.02 Å². The van der Waals surface area contributed by atoms with E-state index in [2.05, 4.69) is 15.2 Å². The fraction of sp³-hybridized carbons (Fsp3) is 0.318. The van der Waals surface area contributed by atoms with Crippen LogP contribution in [0.5, 0.6) is 0 Å². The highest BCUT2D eigenvalue weighted by molar-refractivity contribution is 6.30. The Hall–Kier alpha value is -3.46. The van der Waals surface area contributed by atoms with Gasteiger partial charge in [-0.1, -0.05) is 30.6 Å². The van der Waals surface area contributed by atoms with Crippen LogP contribution in [0, 0.1) is 0 Å². The van der Waals surface area contributed by atoms with E-state index in [-0.39, 0.29) is 18.3 Å². The summed E-state index contributed by atoms with van der Waals surface area (Å²) in [4.78, 5) is 31.8. The quantitative estimate of drug-likeness (QED) is 0.404. The van der Waals surface area contributed by atoms with Crippen LogP contribution in [0.25, 0.3) is 28.5 Å². The number of hydrogen-bond acceptors (Lipinski definition) is 6. The summed E-state index contributed by atoms with van der Waals surface area (Å²) in [6, 6.07) is 10.5. The second-order valence-electron chi connectivity index (χ2n) is 7.37. The third-order valence-electron chi connectivity index (χ3n) is 4.99. The van der Waals surface area contributed by atoms with Crippen LogP contribution in [-0.2, 0) is 11.3 Å². The van der Waals surface area contributed by atoms with Gasteiger partial charge < -0.3 is 9.42 Å². The Balaban J connectivity index is 1.67. The normalized spacial score (nSPS) is 11.2. The Bertz CT molecular complexity index is 1290. The number of halogens is 1. The first kappa shape index (κ1) is 21.8. The molecular weight excluding hydrogens is 432 g/mol. The summed E-state index contributed by atoms with van der Waals surface area (Å²) in [6.07, 6.45) is 3.30. The monoisotopic (exact) mass is 454 g/mol. The van der Waals surface area contributed by atoms with E-state index in [0.29, 0.717) is 35.1 Å². The molecule has 0 fully saturated rings. The summed E-state index contributed by atoms with van der Waals surface area (Å²) in [5.41, 5.74) is 1.19. The van der Waals surface area contributed by atoms with E-state index >= 15 is 0 Å². The minimum atomic E-state index is -0.402. The molecule has 0 atom stereocenters. The van der Waals surface area contributed by atoms with Gasteiger partial charge in [0.05, 0.1) is 5.56 Å². The van der Waals surface area contributed by atoms with Gasteiger partial charge in [0.2, 0.25) is 11.7 Å². The molecule has 166 valence electrons. The average Bonchev–Trinajstić information content (AvgIpc) is 3.40. The van der Waals surface area contributed by atoms with Gasteiger partial charge in [-0.15, -0.1) is 5.10 Å². The second-order valence-corrected chi connectivity index (χ2v) is 7.80. The number of aromatic nitrogens is 5. The minimum Gasteiger partial charge on any atom is -0.341 e. The summed E-state index contributed by atoms with van der Waals surface area (Å²) < 4.78 is 7.99. The minimum absolute atomic E-state index is 0.125. The SMILES string of the molecule is CCCN(CCC)C(=O)Cn1nc2c(-c3nc(-c4ccc(Cl)cc4)no3)cccn2c1=O. The molecule has 32 heavy (non-hydrogen) atoms. The molecule has 1 aromatic carbocycles. The molecule has 4 rings (SSSR count). The topological polar surface area (TPSA) is 98.5 Å². The molecule has 4 aromatic rings. The summed E-state index contributed by atoms with van der Waals surface area (Å²) in [7, 11) is 0. The molecule has 0 aliphatic rings. The first-order chi connectivity index (χ1) is 15.5. The lowest BCUT2D eigenvalue weighted by Gasteiger charge is -2.20. The third-order valence-corrected chi connectivity index (χ3v) is 5.25. The van der Waals surface area contributed by atoms with Gasteiger partial charge in [0.15, 0.2) is 5.65 Å². The molecule has 0 saturated carbocycles. The summed E-state index contributed by atoms with van der Waals surface area (Å²) in [6.45, 7) is 5.20. The maximum Gasteiger partial charge on any atom is 0.350 e. The lowest BCUT2D eigenvalue weighted by Crippen LogP contribution is -2.37. The van der Waals surface area contributed by atoms with Crippen molar-refractivity contribution in [1.82, 2.24) is 29.2 Å². The smallest absolute Gasteiger partial charge is 0.341 e. The lowest BCUT2D eigenvalue weighted by atomic mass is 10.2. The highest BCUT2D eigenvalue weighted by Gasteiger charge is 2.20. The number of benzene rings is 1. The van der Waals surface area contributed by atoms with Crippen molar-refractivity contribution >= 4 is 23.2 Å². The van der Waals surface area contributed by atoms with E-state index in [1.165, 1.54) is 9.08 Å². The van der Waals surface area contributed by atoms with Gasteiger partial charge in [-0.3, -0.25) is 4.79 Å². The fourth-order valence-electron chi connectivity index (χ4n) is 3.49. The zero-order valence-corrected chi connectivity index (χ0v) is 18.6. The van der Waals surface area contributed by atoms with Gasteiger partial charge in [0, 0.05) is 29.9 Å². The number of hydrogen-bond donors (Lipinski definition) is 0. The van der Waals surface area contributed by atoms with E-state index in [0.717, 1.165) is 18.4 Å². The van der Waals surface area contributed by atoms with Gasteiger partial charge in [-0.25, -0.2) is 13.9 Å². The molecule has 1 amide bonds. The van der Waals surface area contributed by atoms with Crippen molar-refractivity contribution in [2.45, 2.75) is 33.2 Å². The van der Waals surface area contributed by atoms with E-state index in [9.17, 15) is 9.59 Å². The van der Waals surface area contributed by atoms with Crippen molar-refractivity contribution in [3.63, 3.8) is 0 Å². The predicted molar refractivity (Wildman–Crippen MR) is 120 cm³/mol. The summed E-state index contributed by atoms with van der Waals surface area (Å²) in [5.74, 6) is 0.483. The molecule has 0 radical (unpaired) electrons. The maximum absolute atomic E-state index is 12.9. The van der Waals surface area contributed by atoms with Gasteiger partial charge in [-0.2, -0.15) is 4.98 Å². The van der Waals surface area contributed by atoms with Crippen LogP contribution in [0.1, 0.15) is 26.7 Å². The van der Waals surface area contributed by atoms with Gasteiger partial charge in [0.1, 0.15) is 6.54 Å². The largest absolute Gasteiger partial charge is 0.350 e. The Morgan fingerprint density at radius 3 is 2.53 bits per heavy atom. The molecule has 0 aliphatic carbocycles. The Kier molecular flexibility index (Phi) is 6.36. The number of pyridine rings is 1. The van der Waals surface area contributed by atoms with Gasteiger partial charge in [-0.05, 0) is 49.2 Å². The average molecular weight is 455 g/mol. The molecule has 0 spiro atoms. The van der Waals surface area contributed by atoms with Crippen LogP contribution in [0.15, 0.2) is 51.9 Å². The number of rotatable bonds is 8. The third kappa shape index (κ3) is 4.29. The standard InChI is InChI=1S/C22H23ClN6O3/c1-3-11-27(12-4-2)18(30)14-29-22(31)28-13-5-6-17(20(28)25-29)21-24-19(26-32-21)15-7-9-16(23)10-8-15/h5-10,13H,3-4,11-12,14H2,1-2H3. The first-order valence-electron chi connectivity index (χ1n) is 10.5. The van der Waals surface area contributed by atoms with E-state index in [4.69, 9.17) is 16.1 Å². The molecule has 0 aliphatic heterocycles. The molecule has 0 saturated heterocycles. The van der Waals surface area contributed by atoms with Gasteiger partial charge >= 0.3 is 5.69 Å². The molecule has 0 bridgehead atoms. The molecule has 10 heteroatoms. The summed E-state index contributed by atoms with van der Waals surface area (Å²) in [5, 5.41) is 9.04. The van der Waals surface area contributed by atoms with Crippen LogP contribution in [0.3, 0.4) is 0 Å². The highest BCUT2D eigenvalue weighted by atomic mass is 35.5. The van der Waals surface area contributed by atoms with Crippen LogP contribution < -0.4 is 5.69 Å². The highest BCUT2D eigenvalue weighted by Crippen LogP contribution is 2.25. The number of nitrogens with zero attached hydrogens (tertiary/aromatic N) is 6. The predicted octanol–water partition coefficient (Wildman–Crippen LogP) is 3.52. The number of carbonyl (C=O) groups is 1. The van der Waals surface area contributed by atoms with Crippen LogP contribution in [-0.4, -0.2) is 48.2 Å². The van der Waals surface area contributed by atoms with Crippen LogP contribution >= 0.6 is 11.6 Å².